The van der Waals surface area contributed by atoms with E-state index in [0.717, 1.165) is 17.1 Å². The number of aliphatic carboxylic acids is 1. The second-order valence-corrected chi connectivity index (χ2v) is 6.19. The normalized spacial score (nSPS) is 23.2. The van der Waals surface area contributed by atoms with Gasteiger partial charge in [-0.1, -0.05) is 13.0 Å². The highest BCUT2D eigenvalue weighted by Gasteiger charge is 2.34. The second kappa shape index (κ2) is 5.38. The Hall–Kier alpha value is -1.66. The first-order valence-corrected chi connectivity index (χ1v) is 7.45. The third-order valence-corrected chi connectivity index (χ3v) is 4.53. The zero-order chi connectivity index (χ0) is 14.1. The first-order chi connectivity index (χ1) is 9.63. The van der Waals surface area contributed by atoms with Crippen molar-refractivity contribution in [1.82, 2.24) is 9.88 Å². The Kier molecular flexibility index (Phi) is 3.58. The summed E-state index contributed by atoms with van der Waals surface area (Å²) in [5.41, 5.74) is 0.853. The zero-order valence-corrected chi connectivity index (χ0v) is 12.0. The molecular formula is C14H16N2O3S. The minimum atomic E-state index is -0.709. The van der Waals surface area contributed by atoms with Crippen molar-refractivity contribution in [2.45, 2.75) is 13.5 Å². The van der Waals surface area contributed by atoms with Crippen molar-refractivity contribution >= 4 is 17.3 Å². The molecule has 0 spiro atoms. The lowest BCUT2D eigenvalue weighted by Gasteiger charge is -2.12. The van der Waals surface area contributed by atoms with Gasteiger partial charge in [0, 0.05) is 19.6 Å². The van der Waals surface area contributed by atoms with Crippen LogP contribution in [0.1, 0.15) is 12.6 Å². The molecule has 1 N–H and O–H groups in total. The molecule has 1 aliphatic heterocycles. The van der Waals surface area contributed by atoms with Crippen LogP contribution in [0.4, 0.5) is 0 Å². The largest absolute Gasteiger partial charge is 0.481 e. The third kappa shape index (κ3) is 2.62. The van der Waals surface area contributed by atoms with Crippen molar-refractivity contribution in [2.24, 2.45) is 11.8 Å². The van der Waals surface area contributed by atoms with Gasteiger partial charge < -0.3 is 9.52 Å². The molecule has 3 rings (SSSR count). The first-order valence-electron chi connectivity index (χ1n) is 6.57. The topological polar surface area (TPSA) is 66.6 Å². The van der Waals surface area contributed by atoms with Crippen molar-refractivity contribution in [2.75, 3.05) is 13.1 Å². The van der Waals surface area contributed by atoms with Crippen LogP contribution >= 0.6 is 11.3 Å². The fourth-order valence-corrected chi connectivity index (χ4v) is 3.30. The molecule has 2 atom stereocenters. The summed E-state index contributed by atoms with van der Waals surface area (Å²) in [5, 5.41) is 11.1. The number of hydrogen-bond acceptors (Lipinski definition) is 5. The van der Waals surface area contributed by atoms with Crippen LogP contribution in [0.2, 0.25) is 0 Å². The van der Waals surface area contributed by atoms with Gasteiger partial charge in [0.25, 0.3) is 0 Å². The molecule has 2 aromatic heterocycles. The van der Waals surface area contributed by atoms with Crippen molar-refractivity contribution < 1.29 is 14.3 Å². The molecule has 2 unspecified atom stereocenters. The van der Waals surface area contributed by atoms with Gasteiger partial charge >= 0.3 is 5.97 Å². The maximum Gasteiger partial charge on any atom is 0.308 e. The molecular weight excluding hydrogens is 276 g/mol. The molecule has 1 saturated heterocycles. The number of rotatable bonds is 4. The van der Waals surface area contributed by atoms with E-state index in [9.17, 15) is 4.79 Å². The summed E-state index contributed by atoms with van der Waals surface area (Å²) in [6.45, 7) is 4.00. The summed E-state index contributed by atoms with van der Waals surface area (Å²) in [6.07, 6.45) is 1.66. The van der Waals surface area contributed by atoms with E-state index in [-0.39, 0.29) is 11.8 Å². The van der Waals surface area contributed by atoms with Crippen molar-refractivity contribution in [3.8, 4) is 10.8 Å². The SMILES string of the molecule is CC1CN(Cc2coc(-c3cccs3)n2)CC1C(=O)O. The number of nitrogens with zero attached hydrogens (tertiary/aromatic N) is 2. The Balaban J connectivity index is 1.66. The number of likely N-dealkylation sites (tertiary alicyclic amines) is 1. The number of thiophene rings is 1. The molecule has 6 heteroatoms. The highest BCUT2D eigenvalue weighted by Crippen LogP contribution is 2.27. The Morgan fingerprint density at radius 1 is 1.60 bits per heavy atom. The lowest BCUT2D eigenvalue weighted by molar-refractivity contribution is -0.142. The first kappa shape index (κ1) is 13.3. The summed E-state index contributed by atoms with van der Waals surface area (Å²) in [5.74, 6) is -0.175. The van der Waals surface area contributed by atoms with Crippen LogP contribution in [0.5, 0.6) is 0 Å². The lowest BCUT2D eigenvalue weighted by Crippen LogP contribution is -2.23. The van der Waals surface area contributed by atoms with Gasteiger partial charge in [-0.2, -0.15) is 0 Å². The Morgan fingerprint density at radius 3 is 3.10 bits per heavy atom. The number of carboxylic acids is 1. The van der Waals surface area contributed by atoms with Gasteiger partial charge in [-0.15, -0.1) is 11.3 Å². The van der Waals surface area contributed by atoms with Gasteiger partial charge in [-0.25, -0.2) is 4.98 Å². The highest BCUT2D eigenvalue weighted by atomic mass is 32.1. The lowest BCUT2D eigenvalue weighted by atomic mass is 9.99. The van der Waals surface area contributed by atoms with Crippen molar-refractivity contribution in [3.63, 3.8) is 0 Å². The summed E-state index contributed by atoms with van der Waals surface area (Å²) in [7, 11) is 0. The van der Waals surface area contributed by atoms with Gasteiger partial charge in [0.1, 0.15) is 6.26 Å². The molecule has 106 valence electrons. The molecule has 0 bridgehead atoms. The summed E-state index contributed by atoms with van der Waals surface area (Å²) >= 11 is 1.59. The van der Waals surface area contributed by atoms with Crippen LogP contribution in [0.3, 0.4) is 0 Å². The van der Waals surface area contributed by atoms with Gasteiger partial charge in [-0.3, -0.25) is 9.69 Å². The molecule has 20 heavy (non-hydrogen) atoms. The molecule has 0 saturated carbocycles. The minimum absolute atomic E-state index is 0.177. The Bertz CT molecular complexity index is 593. The summed E-state index contributed by atoms with van der Waals surface area (Å²) < 4.78 is 5.48. The van der Waals surface area contributed by atoms with E-state index < -0.39 is 5.97 Å². The van der Waals surface area contributed by atoms with E-state index in [4.69, 9.17) is 9.52 Å². The minimum Gasteiger partial charge on any atom is -0.481 e. The Morgan fingerprint density at radius 2 is 2.45 bits per heavy atom. The fraction of sp³-hybridized carbons (Fsp3) is 0.429. The molecule has 2 aromatic rings. The maximum absolute atomic E-state index is 11.1. The van der Waals surface area contributed by atoms with Crippen LogP contribution in [-0.2, 0) is 11.3 Å². The average molecular weight is 292 g/mol. The van der Waals surface area contributed by atoms with Gasteiger partial charge in [0.15, 0.2) is 0 Å². The van der Waals surface area contributed by atoms with E-state index in [2.05, 4.69) is 9.88 Å². The van der Waals surface area contributed by atoms with Gasteiger partial charge in [0.05, 0.1) is 16.5 Å². The van der Waals surface area contributed by atoms with Gasteiger partial charge in [0.2, 0.25) is 5.89 Å². The van der Waals surface area contributed by atoms with E-state index >= 15 is 0 Å². The standard InChI is InChI=1S/C14H16N2O3S/c1-9-5-16(7-11(9)14(17)18)6-10-8-19-13(15-10)12-3-2-4-20-12/h2-4,8-9,11H,5-7H2,1H3,(H,17,18). The number of aromatic nitrogens is 1. The van der Waals surface area contributed by atoms with Crippen LogP contribution < -0.4 is 0 Å². The van der Waals surface area contributed by atoms with Crippen molar-refractivity contribution in [1.29, 1.82) is 0 Å². The van der Waals surface area contributed by atoms with E-state index in [0.29, 0.717) is 19.0 Å². The smallest absolute Gasteiger partial charge is 0.308 e. The fourth-order valence-electron chi connectivity index (χ4n) is 2.64. The van der Waals surface area contributed by atoms with Crippen LogP contribution in [0.15, 0.2) is 28.2 Å². The zero-order valence-electron chi connectivity index (χ0n) is 11.2. The molecule has 1 fully saturated rings. The number of hydrogen-bond donors (Lipinski definition) is 1. The number of carboxylic acid groups (broad SMARTS) is 1. The highest BCUT2D eigenvalue weighted by molar-refractivity contribution is 7.13. The van der Waals surface area contributed by atoms with Gasteiger partial charge in [-0.05, 0) is 17.4 Å². The predicted octanol–water partition coefficient (Wildman–Crippen LogP) is 2.56. The summed E-state index contributed by atoms with van der Waals surface area (Å²) in [6, 6.07) is 3.93. The molecule has 0 amide bonds. The van der Waals surface area contributed by atoms with Crippen LogP contribution in [0, 0.1) is 11.8 Å². The summed E-state index contributed by atoms with van der Waals surface area (Å²) in [4.78, 5) is 18.7. The second-order valence-electron chi connectivity index (χ2n) is 5.24. The number of oxazole rings is 1. The van der Waals surface area contributed by atoms with E-state index in [1.54, 1.807) is 17.6 Å². The third-order valence-electron chi connectivity index (χ3n) is 3.67. The van der Waals surface area contributed by atoms with E-state index in [1.807, 2.05) is 24.4 Å². The molecule has 1 aliphatic rings. The molecule has 3 heterocycles. The molecule has 5 nitrogen and oxygen atoms in total. The number of carbonyl (C=O) groups is 1. The van der Waals surface area contributed by atoms with Crippen LogP contribution in [0.25, 0.3) is 10.8 Å². The average Bonchev–Trinajstić information content (AvgIpc) is 3.09. The van der Waals surface area contributed by atoms with E-state index in [1.165, 1.54) is 0 Å². The molecule has 0 aromatic carbocycles. The van der Waals surface area contributed by atoms with Crippen molar-refractivity contribution in [3.05, 3.63) is 29.5 Å². The monoisotopic (exact) mass is 292 g/mol. The predicted molar refractivity (Wildman–Crippen MR) is 75.4 cm³/mol. The molecule has 0 radical (unpaired) electrons. The Labute approximate surface area is 120 Å². The maximum atomic E-state index is 11.1. The quantitative estimate of drug-likeness (QED) is 0.938. The molecule has 0 aliphatic carbocycles. The van der Waals surface area contributed by atoms with Crippen LogP contribution in [-0.4, -0.2) is 34.0 Å².